The number of carbonyl (C=O) groups excluding carboxylic acids is 1. The monoisotopic (exact) mass is 329 g/mol. The highest BCUT2D eigenvalue weighted by atomic mass is 35.5. The van der Waals surface area contributed by atoms with Crippen LogP contribution in [-0.2, 0) is 4.79 Å². The third-order valence-corrected chi connectivity index (χ3v) is 6.14. The number of hydrogen-bond donors (Lipinski definition) is 1. The predicted octanol–water partition coefficient (Wildman–Crippen LogP) is 2.13. The zero-order valence-electron chi connectivity index (χ0n) is 14.1. The molecule has 3 aliphatic rings. The van der Waals surface area contributed by atoms with Crippen LogP contribution in [0.4, 0.5) is 0 Å². The van der Waals surface area contributed by atoms with E-state index in [0.717, 1.165) is 39.0 Å². The van der Waals surface area contributed by atoms with Crippen LogP contribution in [0.3, 0.4) is 0 Å². The van der Waals surface area contributed by atoms with E-state index in [4.69, 9.17) is 0 Å². The number of rotatable bonds is 3. The molecule has 4 atom stereocenters. The van der Waals surface area contributed by atoms with Crippen molar-refractivity contribution in [2.75, 3.05) is 33.2 Å². The van der Waals surface area contributed by atoms with Crippen LogP contribution in [0.15, 0.2) is 0 Å². The summed E-state index contributed by atoms with van der Waals surface area (Å²) in [5.41, 5.74) is 0. The lowest BCUT2D eigenvalue weighted by atomic mass is 9.85. The maximum atomic E-state index is 12.7. The minimum atomic E-state index is 0. The number of nitrogens with zero attached hydrogens (tertiary/aromatic N) is 2. The van der Waals surface area contributed by atoms with Crippen molar-refractivity contribution in [2.45, 2.75) is 57.5 Å². The molecule has 1 amide bonds. The Balaban J connectivity index is 0.00000176. The fraction of sp³-hybridized carbons (Fsp3) is 0.941. The highest BCUT2D eigenvalue weighted by Crippen LogP contribution is 2.29. The van der Waals surface area contributed by atoms with E-state index in [1.54, 1.807) is 0 Å². The number of likely N-dealkylation sites (N-methyl/N-ethyl adjacent to an activating group) is 1. The molecule has 3 fully saturated rings. The number of likely N-dealkylation sites (tertiary alicyclic amines) is 1. The van der Waals surface area contributed by atoms with Crippen LogP contribution in [0.2, 0.25) is 0 Å². The summed E-state index contributed by atoms with van der Waals surface area (Å²) in [7, 11) is 2.24. The molecule has 3 saturated heterocycles. The van der Waals surface area contributed by atoms with E-state index in [1.807, 2.05) is 0 Å². The summed E-state index contributed by atoms with van der Waals surface area (Å²) in [5.74, 6) is 1.60. The topological polar surface area (TPSA) is 35.6 Å². The first kappa shape index (κ1) is 18.0. The molecule has 3 aliphatic heterocycles. The normalized spacial score (nSPS) is 33.9. The maximum absolute atomic E-state index is 12.7. The van der Waals surface area contributed by atoms with Crippen LogP contribution in [0.1, 0.15) is 45.4 Å². The first-order valence-corrected chi connectivity index (χ1v) is 8.85. The Morgan fingerprint density at radius 3 is 2.73 bits per heavy atom. The summed E-state index contributed by atoms with van der Waals surface area (Å²) in [4.78, 5) is 17.3. The van der Waals surface area contributed by atoms with Gasteiger partial charge in [-0.3, -0.25) is 9.69 Å². The molecule has 0 radical (unpaired) electrons. The maximum Gasteiger partial charge on any atom is 0.222 e. The molecule has 0 saturated carbocycles. The highest BCUT2D eigenvalue weighted by Gasteiger charge is 2.36. The van der Waals surface area contributed by atoms with Crippen molar-refractivity contribution < 1.29 is 4.79 Å². The van der Waals surface area contributed by atoms with Crippen LogP contribution in [-0.4, -0.2) is 61.0 Å². The second kappa shape index (κ2) is 7.98. The average molecular weight is 330 g/mol. The van der Waals surface area contributed by atoms with Crippen molar-refractivity contribution in [3.63, 3.8) is 0 Å². The van der Waals surface area contributed by atoms with E-state index in [0.29, 0.717) is 29.8 Å². The van der Waals surface area contributed by atoms with Crippen molar-refractivity contribution in [2.24, 2.45) is 11.8 Å². The molecule has 0 aliphatic carbocycles. The molecule has 1 N–H and O–H groups in total. The predicted molar refractivity (Wildman–Crippen MR) is 92.4 cm³/mol. The van der Waals surface area contributed by atoms with Crippen LogP contribution in [0.25, 0.3) is 0 Å². The van der Waals surface area contributed by atoms with E-state index in [1.165, 1.54) is 25.7 Å². The van der Waals surface area contributed by atoms with Gasteiger partial charge >= 0.3 is 0 Å². The molecule has 0 aromatic rings. The number of carbonyl (C=O) groups is 1. The second-order valence-corrected chi connectivity index (χ2v) is 7.47. The number of nitrogens with one attached hydrogen (secondary N) is 1. The Kier molecular flexibility index (Phi) is 6.54. The van der Waals surface area contributed by atoms with Gasteiger partial charge in [0, 0.05) is 31.6 Å². The SMILES string of the molecule is CC(CC(=O)N1CCC2CCC(C1)N2C)C1CCCNC1.Cl. The Labute approximate surface area is 141 Å². The fourth-order valence-electron chi connectivity index (χ4n) is 4.47. The molecule has 22 heavy (non-hydrogen) atoms. The van der Waals surface area contributed by atoms with Crippen LogP contribution >= 0.6 is 12.4 Å². The van der Waals surface area contributed by atoms with E-state index in [-0.39, 0.29) is 12.4 Å². The van der Waals surface area contributed by atoms with Gasteiger partial charge in [0.05, 0.1) is 0 Å². The first-order valence-electron chi connectivity index (χ1n) is 8.85. The lowest BCUT2D eigenvalue weighted by molar-refractivity contribution is -0.132. The minimum Gasteiger partial charge on any atom is -0.341 e. The van der Waals surface area contributed by atoms with Crippen molar-refractivity contribution in [1.29, 1.82) is 0 Å². The standard InChI is InChI=1S/C17H31N3O.ClH/c1-13(14-4-3-8-18-11-14)10-17(21)20-9-7-15-5-6-16(12-20)19(15)2;/h13-16,18H,3-12H2,1-2H3;1H. The van der Waals surface area contributed by atoms with Gasteiger partial charge in [-0.2, -0.15) is 0 Å². The fourth-order valence-corrected chi connectivity index (χ4v) is 4.47. The van der Waals surface area contributed by atoms with Crippen molar-refractivity contribution in [1.82, 2.24) is 15.1 Å². The zero-order valence-corrected chi connectivity index (χ0v) is 14.9. The largest absolute Gasteiger partial charge is 0.341 e. The molecular formula is C17H32ClN3O. The highest BCUT2D eigenvalue weighted by molar-refractivity contribution is 5.85. The summed E-state index contributed by atoms with van der Waals surface area (Å²) >= 11 is 0. The van der Waals surface area contributed by atoms with Crippen LogP contribution in [0, 0.1) is 11.8 Å². The molecule has 0 spiro atoms. The molecular weight excluding hydrogens is 298 g/mol. The second-order valence-electron chi connectivity index (χ2n) is 7.47. The number of piperidine rings is 1. The van der Waals surface area contributed by atoms with Gasteiger partial charge in [0.2, 0.25) is 5.91 Å². The van der Waals surface area contributed by atoms with E-state index < -0.39 is 0 Å². The molecule has 4 nitrogen and oxygen atoms in total. The third kappa shape index (κ3) is 3.95. The van der Waals surface area contributed by atoms with E-state index in [9.17, 15) is 4.79 Å². The van der Waals surface area contributed by atoms with Crippen molar-refractivity contribution >= 4 is 18.3 Å². The molecule has 0 aromatic carbocycles. The minimum absolute atomic E-state index is 0. The van der Waals surface area contributed by atoms with Gasteiger partial charge in [0.15, 0.2) is 0 Å². The van der Waals surface area contributed by atoms with Gasteiger partial charge in [-0.05, 0) is 64.1 Å². The van der Waals surface area contributed by atoms with Crippen molar-refractivity contribution in [3.05, 3.63) is 0 Å². The van der Waals surface area contributed by atoms with E-state index >= 15 is 0 Å². The van der Waals surface area contributed by atoms with Gasteiger partial charge in [0.1, 0.15) is 0 Å². The zero-order chi connectivity index (χ0) is 14.8. The van der Waals surface area contributed by atoms with Gasteiger partial charge in [0.25, 0.3) is 0 Å². The molecule has 2 bridgehead atoms. The Morgan fingerprint density at radius 1 is 1.23 bits per heavy atom. The summed E-state index contributed by atoms with van der Waals surface area (Å²) in [6.07, 6.45) is 7.06. The van der Waals surface area contributed by atoms with Gasteiger partial charge in [-0.25, -0.2) is 0 Å². The molecule has 128 valence electrons. The van der Waals surface area contributed by atoms with Gasteiger partial charge < -0.3 is 10.2 Å². The van der Waals surface area contributed by atoms with Crippen molar-refractivity contribution in [3.8, 4) is 0 Å². The third-order valence-electron chi connectivity index (χ3n) is 6.14. The van der Waals surface area contributed by atoms with Crippen LogP contribution < -0.4 is 5.32 Å². The summed E-state index contributed by atoms with van der Waals surface area (Å²) < 4.78 is 0. The lowest BCUT2D eigenvalue weighted by Gasteiger charge is -2.31. The molecule has 3 heterocycles. The summed E-state index contributed by atoms with van der Waals surface area (Å²) in [6.45, 7) is 6.45. The van der Waals surface area contributed by atoms with Gasteiger partial charge in [-0.15, -0.1) is 12.4 Å². The lowest BCUT2D eigenvalue weighted by Crippen LogP contribution is -2.41. The average Bonchev–Trinajstić information content (AvgIpc) is 2.72. The first-order chi connectivity index (χ1) is 10.1. The number of fused-ring (bicyclic) bond motifs is 2. The van der Waals surface area contributed by atoms with Gasteiger partial charge in [-0.1, -0.05) is 6.92 Å². The quantitative estimate of drug-likeness (QED) is 0.861. The molecule has 4 unspecified atom stereocenters. The molecule has 3 rings (SSSR count). The Bertz CT molecular complexity index is 373. The number of halogens is 1. The molecule has 5 heteroatoms. The smallest absolute Gasteiger partial charge is 0.222 e. The Morgan fingerprint density at radius 2 is 2.00 bits per heavy atom. The Hall–Kier alpha value is -0.320. The van der Waals surface area contributed by atoms with E-state index in [2.05, 4.69) is 29.1 Å². The van der Waals surface area contributed by atoms with Crippen LogP contribution in [0.5, 0.6) is 0 Å². The summed E-state index contributed by atoms with van der Waals surface area (Å²) in [6, 6.07) is 1.32. The molecule has 0 aromatic heterocycles. The summed E-state index contributed by atoms with van der Waals surface area (Å²) in [5, 5.41) is 3.47. The number of amides is 1. The number of hydrogen-bond acceptors (Lipinski definition) is 3.